The van der Waals surface area contributed by atoms with E-state index in [0.717, 1.165) is 12.8 Å². The summed E-state index contributed by atoms with van der Waals surface area (Å²) in [6.07, 6.45) is 26.7. The number of hydrogen-bond donors (Lipinski definition) is 3. The Morgan fingerprint density at radius 2 is 0.848 bits per heavy atom. The molecule has 0 bridgehead atoms. The van der Waals surface area contributed by atoms with E-state index in [1.54, 1.807) is 6.92 Å². The Balaban J connectivity index is 0. The highest BCUT2D eigenvalue weighted by molar-refractivity contribution is 5.86. The third-order valence-corrected chi connectivity index (χ3v) is 5.76. The van der Waals surface area contributed by atoms with Crippen LogP contribution in [0.3, 0.4) is 0 Å². The SMILES string of the molecule is CC(=CCCO)C(=O)O.CCCCCCCCCCCCCCCCCCC=C(C)C(=O)O. The van der Waals surface area contributed by atoms with Gasteiger partial charge in [-0.25, -0.2) is 9.59 Å². The average molecular weight is 469 g/mol. The zero-order valence-electron chi connectivity index (χ0n) is 21.7. The van der Waals surface area contributed by atoms with Crippen LogP contribution >= 0.6 is 0 Å². The van der Waals surface area contributed by atoms with Crippen molar-refractivity contribution in [2.24, 2.45) is 0 Å². The summed E-state index contributed by atoms with van der Waals surface area (Å²) < 4.78 is 0. The fourth-order valence-corrected chi connectivity index (χ4v) is 3.47. The minimum Gasteiger partial charge on any atom is -0.478 e. The largest absolute Gasteiger partial charge is 0.478 e. The van der Waals surface area contributed by atoms with Gasteiger partial charge in [-0.1, -0.05) is 115 Å². The van der Waals surface area contributed by atoms with E-state index in [2.05, 4.69) is 6.92 Å². The van der Waals surface area contributed by atoms with Crippen LogP contribution in [0, 0.1) is 0 Å². The van der Waals surface area contributed by atoms with Crippen LogP contribution in [0.4, 0.5) is 0 Å². The van der Waals surface area contributed by atoms with Crippen LogP contribution in [-0.2, 0) is 9.59 Å². The van der Waals surface area contributed by atoms with Crippen LogP contribution in [0.1, 0.15) is 136 Å². The van der Waals surface area contributed by atoms with Crippen molar-refractivity contribution < 1.29 is 24.9 Å². The van der Waals surface area contributed by atoms with Crippen molar-refractivity contribution in [3.63, 3.8) is 0 Å². The summed E-state index contributed by atoms with van der Waals surface area (Å²) in [5.41, 5.74) is 0.764. The molecule has 0 aromatic rings. The first-order valence-electron chi connectivity index (χ1n) is 13.3. The standard InChI is InChI=1S/C22H42O2.C6H10O3/c1-3-4-5-6-7-8-9-10-11-12-13-14-15-16-17-18-19-20-21(2)22(23)24;1-5(6(8)9)3-2-4-7/h20H,3-19H2,1-2H3,(H,23,24);3,7H,2,4H2,1H3,(H,8,9). The molecule has 0 heterocycles. The maximum Gasteiger partial charge on any atom is 0.330 e. The van der Waals surface area contributed by atoms with Crippen LogP contribution < -0.4 is 0 Å². The molecule has 0 aliphatic rings. The van der Waals surface area contributed by atoms with Gasteiger partial charge >= 0.3 is 11.9 Å². The third-order valence-electron chi connectivity index (χ3n) is 5.76. The van der Waals surface area contributed by atoms with Gasteiger partial charge in [0.25, 0.3) is 0 Å². The van der Waals surface area contributed by atoms with E-state index >= 15 is 0 Å². The Hall–Kier alpha value is -1.62. The molecule has 0 aliphatic heterocycles. The van der Waals surface area contributed by atoms with Crippen molar-refractivity contribution in [3.8, 4) is 0 Å². The number of aliphatic hydroxyl groups excluding tert-OH is 1. The van der Waals surface area contributed by atoms with E-state index in [4.69, 9.17) is 15.3 Å². The van der Waals surface area contributed by atoms with Crippen LogP contribution in [0.25, 0.3) is 0 Å². The molecule has 0 saturated carbocycles. The van der Waals surface area contributed by atoms with Gasteiger partial charge in [-0.15, -0.1) is 0 Å². The molecule has 0 rings (SSSR count). The maximum absolute atomic E-state index is 10.6. The summed E-state index contributed by atoms with van der Waals surface area (Å²) in [4.78, 5) is 20.7. The van der Waals surface area contributed by atoms with Gasteiger partial charge in [0.05, 0.1) is 0 Å². The summed E-state index contributed by atoms with van der Waals surface area (Å²) in [7, 11) is 0. The molecule has 0 saturated heterocycles. The smallest absolute Gasteiger partial charge is 0.330 e. The minimum absolute atomic E-state index is 0.00458. The van der Waals surface area contributed by atoms with Gasteiger partial charge in [0.1, 0.15) is 0 Å². The number of carboxylic acid groups (broad SMARTS) is 2. The van der Waals surface area contributed by atoms with E-state index in [1.165, 1.54) is 109 Å². The molecule has 0 unspecified atom stereocenters. The van der Waals surface area contributed by atoms with E-state index in [9.17, 15) is 9.59 Å². The molecule has 194 valence electrons. The average Bonchev–Trinajstić information content (AvgIpc) is 2.79. The normalized spacial score (nSPS) is 11.8. The molecule has 0 aliphatic carbocycles. The quantitative estimate of drug-likeness (QED) is 0.117. The molecule has 5 nitrogen and oxygen atoms in total. The van der Waals surface area contributed by atoms with Crippen molar-refractivity contribution in [1.82, 2.24) is 0 Å². The molecule has 33 heavy (non-hydrogen) atoms. The summed E-state index contributed by atoms with van der Waals surface area (Å²) in [6, 6.07) is 0. The van der Waals surface area contributed by atoms with Crippen molar-refractivity contribution in [3.05, 3.63) is 23.3 Å². The number of rotatable bonds is 21. The second kappa shape index (κ2) is 26.6. The number of carboxylic acids is 2. The fourth-order valence-electron chi connectivity index (χ4n) is 3.47. The Morgan fingerprint density at radius 3 is 1.15 bits per heavy atom. The molecule has 0 amide bonds. The lowest BCUT2D eigenvalue weighted by Crippen LogP contribution is -1.95. The lowest BCUT2D eigenvalue weighted by Gasteiger charge is -2.03. The first-order valence-corrected chi connectivity index (χ1v) is 13.3. The predicted molar refractivity (Wildman–Crippen MR) is 139 cm³/mol. The molecule has 3 N–H and O–H groups in total. The minimum atomic E-state index is -0.927. The van der Waals surface area contributed by atoms with Gasteiger partial charge in [0, 0.05) is 17.8 Å². The lowest BCUT2D eigenvalue weighted by molar-refractivity contribution is -0.133. The molecule has 0 aromatic heterocycles. The molecular formula is C28H52O5. The number of hydrogen-bond acceptors (Lipinski definition) is 3. The van der Waals surface area contributed by atoms with Gasteiger partial charge < -0.3 is 15.3 Å². The zero-order chi connectivity index (χ0) is 25.2. The Bertz CT molecular complexity index is 522. The summed E-state index contributed by atoms with van der Waals surface area (Å²) in [5.74, 6) is -1.71. The van der Waals surface area contributed by atoms with Crippen molar-refractivity contribution in [2.45, 2.75) is 136 Å². The van der Waals surface area contributed by atoms with Crippen molar-refractivity contribution in [1.29, 1.82) is 0 Å². The molecule has 0 aromatic carbocycles. The summed E-state index contributed by atoms with van der Waals surface area (Å²) in [5, 5.41) is 25.3. The van der Waals surface area contributed by atoms with Crippen LogP contribution in [0.2, 0.25) is 0 Å². The second-order valence-corrected chi connectivity index (χ2v) is 8.99. The Labute approximate surface area is 203 Å². The topological polar surface area (TPSA) is 94.8 Å². The Morgan fingerprint density at radius 1 is 0.545 bits per heavy atom. The number of unbranched alkanes of at least 4 members (excludes halogenated alkanes) is 16. The highest BCUT2D eigenvalue weighted by Crippen LogP contribution is 2.14. The number of allylic oxidation sites excluding steroid dienone is 1. The van der Waals surface area contributed by atoms with Gasteiger partial charge in [-0.3, -0.25) is 0 Å². The van der Waals surface area contributed by atoms with E-state index in [0.29, 0.717) is 12.0 Å². The first-order chi connectivity index (χ1) is 15.9. The summed E-state index contributed by atoms with van der Waals surface area (Å²) >= 11 is 0. The van der Waals surface area contributed by atoms with Gasteiger partial charge in [0.2, 0.25) is 0 Å². The molecule has 5 heteroatoms. The van der Waals surface area contributed by atoms with Gasteiger partial charge in [-0.05, 0) is 33.1 Å². The van der Waals surface area contributed by atoms with E-state index in [1.807, 2.05) is 6.08 Å². The van der Waals surface area contributed by atoms with E-state index in [-0.39, 0.29) is 12.2 Å². The highest BCUT2D eigenvalue weighted by atomic mass is 16.4. The predicted octanol–water partition coefficient (Wildman–Crippen LogP) is 8.07. The number of carbonyl (C=O) groups is 2. The highest BCUT2D eigenvalue weighted by Gasteiger charge is 1.98. The van der Waals surface area contributed by atoms with Crippen LogP contribution in [0.5, 0.6) is 0 Å². The number of aliphatic hydroxyl groups is 1. The lowest BCUT2D eigenvalue weighted by atomic mass is 10.0. The fraction of sp³-hybridized carbons (Fsp3) is 0.786. The molecule has 0 atom stereocenters. The maximum atomic E-state index is 10.6. The van der Waals surface area contributed by atoms with Crippen molar-refractivity contribution >= 4 is 11.9 Å². The van der Waals surface area contributed by atoms with Crippen molar-refractivity contribution in [2.75, 3.05) is 6.61 Å². The zero-order valence-corrected chi connectivity index (χ0v) is 21.7. The first kappa shape index (κ1) is 33.6. The van der Waals surface area contributed by atoms with Gasteiger partial charge in [0.15, 0.2) is 0 Å². The molecule has 0 radical (unpaired) electrons. The third kappa shape index (κ3) is 28.3. The van der Waals surface area contributed by atoms with Crippen LogP contribution in [-0.4, -0.2) is 33.9 Å². The van der Waals surface area contributed by atoms with E-state index < -0.39 is 11.9 Å². The molecule has 0 spiro atoms. The second-order valence-electron chi connectivity index (χ2n) is 8.99. The molecular weight excluding hydrogens is 416 g/mol. The Kier molecular flexibility index (Phi) is 27.1. The number of aliphatic carboxylic acids is 2. The summed E-state index contributed by atoms with van der Waals surface area (Å²) in [6.45, 7) is 5.46. The monoisotopic (exact) mass is 468 g/mol. The molecule has 0 fully saturated rings. The van der Waals surface area contributed by atoms with Crippen LogP contribution in [0.15, 0.2) is 23.3 Å². The van der Waals surface area contributed by atoms with Gasteiger partial charge in [-0.2, -0.15) is 0 Å².